The number of benzene rings is 1. The molecule has 88 valence electrons. The zero-order chi connectivity index (χ0) is 12.3. The van der Waals surface area contributed by atoms with Gasteiger partial charge in [-0.15, -0.1) is 11.6 Å². The van der Waals surface area contributed by atoms with E-state index in [0.717, 1.165) is 12.1 Å². The standard InChI is InChI=1S/C10H7Cl2F3O/c11-5-7(16)3-6-1-2-9(12)8(4-6)10(13,14)15/h1-2,4H,3,5H2. The smallest absolute Gasteiger partial charge is 0.298 e. The normalized spacial score (nSPS) is 11.6. The number of hydrogen-bond acceptors (Lipinski definition) is 1. The highest BCUT2D eigenvalue weighted by atomic mass is 35.5. The van der Waals surface area contributed by atoms with Crippen LogP contribution in [0.2, 0.25) is 5.02 Å². The maximum atomic E-state index is 12.5. The Bertz CT molecular complexity index is 402. The number of rotatable bonds is 3. The maximum absolute atomic E-state index is 12.5. The molecule has 0 radical (unpaired) electrons. The van der Waals surface area contributed by atoms with Crippen LogP contribution >= 0.6 is 23.2 Å². The molecule has 0 aromatic heterocycles. The predicted octanol–water partition coefficient (Wildman–Crippen LogP) is 3.71. The molecule has 0 heterocycles. The zero-order valence-electron chi connectivity index (χ0n) is 7.94. The quantitative estimate of drug-likeness (QED) is 0.766. The first-order valence-corrected chi connectivity index (χ1v) is 5.19. The van der Waals surface area contributed by atoms with Crippen LogP contribution in [-0.4, -0.2) is 11.7 Å². The summed E-state index contributed by atoms with van der Waals surface area (Å²) in [5.74, 6) is -0.554. The minimum absolute atomic E-state index is 0.121. The van der Waals surface area contributed by atoms with Gasteiger partial charge in [0.2, 0.25) is 0 Å². The second-order valence-corrected chi connectivity index (χ2v) is 3.84. The molecule has 0 unspecified atom stereocenters. The molecule has 0 fully saturated rings. The first kappa shape index (κ1) is 13.3. The molecule has 0 saturated heterocycles. The van der Waals surface area contributed by atoms with E-state index < -0.39 is 11.7 Å². The van der Waals surface area contributed by atoms with Gasteiger partial charge in [0.15, 0.2) is 5.78 Å². The molecule has 1 aromatic rings. The Kier molecular flexibility index (Phi) is 4.21. The van der Waals surface area contributed by atoms with E-state index in [4.69, 9.17) is 23.2 Å². The number of alkyl halides is 4. The maximum Gasteiger partial charge on any atom is 0.417 e. The molecule has 0 atom stereocenters. The molecular weight excluding hydrogens is 264 g/mol. The van der Waals surface area contributed by atoms with E-state index in [-0.39, 0.29) is 28.7 Å². The van der Waals surface area contributed by atoms with Crippen LogP contribution in [0.1, 0.15) is 11.1 Å². The van der Waals surface area contributed by atoms with Gasteiger partial charge < -0.3 is 0 Å². The third-order valence-corrected chi connectivity index (χ3v) is 2.51. The first-order chi connectivity index (χ1) is 7.34. The summed E-state index contributed by atoms with van der Waals surface area (Å²) in [5.41, 5.74) is -0.684. The summed E-state index contributed by atoms with van der Waals surface area (Å²) >= 11 is 10.7. The first-order valence-electron chi connectivity index (χ1n) is 4.28. The van der Waals surface area contributed by atoms with E-state index in [1.165, 1.54) is 6.07 Å². The topological polar surface area (TPSA) is 17.1 Å². The summed E-state index contributed by atoms with van der Waals surface area (Å²) in [6.07, 6.45) is -4.64. The molecule has 0 amide bonds. The second kappa shape index (κ2) is 5.06. The summed E-state index contributed by atoms with van der Waals surface area (Å²) in [6.45, 7) is 0. The Morgan fingerprint density at radius 1 is 1.31 bits per heavy atom. The predicted molar refractivity (Wildman–Crippen MR) is 55.9 cm³/mol. The summed E-state index contributed by atoms with van der Waals surface area (Å²) in [5, 5.41) is -0.380. The van der Waals surface area contributed by atoms with E-state index in [9.17, 15) is 18.0 Å². The molecule has 0 N–H and O–H groups in total. The monoisotopic (exact) mass is 270 g/mol. The van der Waals surface area contributed by atoms with Gasteiger partial charge >= 0.3 is 6.18 Å². The minimum atomic E-state index is -4.52. The van der Waals surface area contributed by atoms with Crippen LogP contribution in [0.5, 0.6) is 0 Å². The molecular formula is C10H7Cl2F3O. The summed E-state index contributed by atoms with van der Waals surface area (Å²) in [4.78, 5) is 11.0. The van der Waals surface area contributed by atoms with Gasteiger partial charge in [-0.25, -0.2) is 0 Å². The number of ketones is 1. The van der Waals surface area contributed by atoms with E-state index in [2.05, 4.69) is 0 Å². The molecule has 6 heteroatoms. The number of carbonyl (C=O) groups is 1. The van der Waals surface area contributed by atoms with E-state index in [1.54, 1.807) is 0 Å². The molecule has 0 saturated carbocycles. The number of carbonyl (C=O) groups excluding carboxylic acids is 1. The van der Waals surface area contributed by atoms with Crippen LogP contribution in [-0.2, 0) is 17.4 Å². The molecule has 0 aliphatic rings. The van der Waals surface area contributed by atoms with Crippen LogP contribution in [0.4, 0.5) is 13.2 Å². The lowest BCUT2D eigenvalue weighted by atomic mass is 10.1. The molecule has 1 rings (SSSR count). The van der Waals surface area contributed by atoms with Crippen LogP contribution in [0, 0.1) is 0 Å². The number of halogens is 5. The fourth-order valence-corrected chi connectivity index (χ4v) is 1.49. The van der Waals surface area contributed by atoms with Crippen molar-refractivity contribution in [3.05, 3.63) is 34.3 Å². The minimum Gasteiger partial charge on any atom is -0.298 e. The largest absolute Gasteiger partial charge is 0.417 e. The van der Waals surface area contributed by atoms with Crippen molar-refractivity contribution in [1.29, 1.82) is 0 Å². The molecule has 0 bridgehead atoms. The van der Waals surface area contributed by atoms with Gasteiger partial charge in [-0.1, -0.05) is 17.7 Å². The highest BCUT2D eigenvalue weighted by Crippen LogP contribution is 2.35. The Hall–Kier alpha value is -0.740. The highest BCUT2D eigenvalue weighted by molar-refractivity contribution is 6.31. The van der Waals surface area contributed by atoms with Gasteiger partial charge in [0.25, 0.3) is 0 Å². The molecule has 16 heavy (non-hydrogen) atoms. The third-order valence-electron chi connectivity index (χ3n) is 1.89. The SMILES string of the molecule is O=C(CCl)Cc1ccc(Cl)c(C(F)(F)F)c1. The molecule has 1 nitrogen and oxygen atoms in total. The molecule has 0 aliphatic heterocycles. The van der Waals surface area contributed by atoms with Gasteiger partial charge in [0.05, 0.1) is 16.5 Å². The van der Waals surface area contributed by atoms with Crippen LogP contribution in [0.15, 0.2) is 18.2 Å². The van der Waals surface area contributed by atoms with Gasteiger partial charge in [0.1, 0.15) is 0 Å². The van der Waals surface area contributed by atoms with Crippen LogP contribution < -0.4 is 0 Å². The average molecular weight is 271 g/mol. The molecule has 1 aromatic carbocycles. The fourth-order valence-electron chi connectivity index (χ4n) is 1.17. The summed E-state index contributed by atoms with van der Waals surface area (Å²) < 4.78 is 37.4. The number of Topliss-reactive ketones (excluding diaryl/α,β-unsaturated/α-hetero) is 1. The Morgan fingerprint density at radius 2 is 1.94 bits per heavy atom. The zero-order valence-corrected chi connectivity index (χ0v) is 9.46. The van der Waals surface area contributed by atoms with Crippen molar-refractivity contribution in [2.45, 2.75) is 12.6 Å². The van der Waals surface area contributed by atoms with Gasteiger partial charge in [-0.05, 0) is 17.7 Å². The van der Waals surface area contributed by atoms with E-state index in [1.807, 2.05) is 0 Å². The molecule has 0 spiro atoms. The van der Waals surface area contributed by atoms with Crippen molar-refractivity contribution in [3.63, 3.8) is 0 Å². The van der Waals surface area contributed by atoms with Gasteiger partial charge in [-0.3, -0.25) is 4.79 Å². The van der Waals surface area contributed by atoms with Crippen molar-refractivity contribution in [2.24, 2.45) is 0 Å². The molecule has 0 aliphatic carbocycles. The lowest BCUT2D eigenvalue weighted by molar-refractivity contribution is -0.137. The third kappa shape index (κ3) is 3.39. The van der Waals surface area contributed by atoms with Gasteiger partial charge in [0, 0.05) is 6.42 Å². The van der Waals surface area contributed by atoms with Crippen LogP contribution in [0.3, 0.4) is 0 Å². The fraction of sp³-hybridized carbons (Fsp3) is 0.300. The summed E-state index contributed by atoms with van der Waals surface area (Å²) in [6, 6.07) is 3.37. The van der Waals surface area contributed by atoms with Gasteiger partial charge in [-0.2, -0.15) is 13.2 Å². The highest BCUT2D eigenvalue weighted by Gasteiger charge is 2.33. The Labute approximate surface area is 100 Å². The van der Waals surface area contributed by atoms with E-state index in [0.29, 0.717) is 0 Å². The lowest BCUT2D eigenvalue weighted by Crippen LogP contribution is -2.09. The number of hydrogen-bond donors (Lipinski definition) is 0. The van der Waals surface area contributed by atoms with Crippen molar-refractivity contribution in [1.82, 2.24) is 0 Å². The lowest BCUT2D eigenvalue weighted by Gasteiger charge is -2.10. The van der Waals surface area contributed by atoms with Crippen LogP contribution in [0.25, 0.3) is 0 Å². The summed E-state index contributed by atoms with van der Waals surface area (Å²) in [7, 11) is 0. The van der Waals surface area contributed by atoms with Crippen molar-refractivity contribution >= 4 is 29.0 Å². The second-order valence-electron chi connectivity index (χ2n) is 3.16. The van der Waals surface area contributed by atoms with Crippen molar-refractivity contribution in [2.75, 3.05) is 5.88 Å². The van der Waals surface area contributed by atoms with Crippen molar-refractivity contribution < 1.29 is 18.0 Å². The Balaban J connectivity index is 3.03. The average Bonchev–Trinajstić information content (AvgIpc) is 2.19. The van der Waals surface area contributed by atoms with E-state index >= 15 is 0 Å². The Morgan fingerprint density at radius 3 is 2.44 bits per heavy atom. The van der Waals surface area contributed by atoms with Crippen molar-refractivity contribution in [3.8, 4) is 0 Å².